The van der Waals surface area contributed by atoms with Gasteiger partial charge in [-0.05, 0) is 55.5 Å². The highest BCUT2D eigenvalue weighted by Crippen LogP contribution is 2.47. The van der Waals surface area contributed by atoms with Gasteiger partial charge in [0.25, 0.3) is 11.8 Å². The number of hydrogen-bond acceptors (Lipinski definition) is 8. The number of nitrogens with one attached hydrogen (secondary N) is 1. The smallest absolute Gasteiger partial charge is 0.424 e. The van der Waals surface area contributed by atoms with Gasteiger partial charge in [-0.2, -0.15) is 13.2 Å². The Hall–Kier alpha value is -5.31. The van der Waals surface area contributed by atoms with Gasteiger partial charge in [-0.1, -0.05) is 6.07 Å². The number of carbonyl (C=O) groups excluding carboxylic acids is 3. The summed E-state index contributed by atoms with van der Waals surface area (Å²) in [5, 5.41) is 13.7. The van der Waals surface area contributed by atoms with Gasteiger partial charge in [0.2, 0.25) is 11.5 Å². The summed E-state index contributed by atoms with van der Waals surface area (Å²) in [6.45, 7) is -0.936. The van der Waals surface area contributed by atoms with E-state index in [0.717, 1.165) is 24.3 Å². The van der Waals surface area contributed by atoms with Crippen LogP contribution in [0.15, 0.2) is 60.8 Å². The maximum atomic E-state index is 14.7. The lowest BCUT2D eigenvalue weighted by Gasteiger charge is -2.31. The van der Waals surface area contributed by atoms with Crippen molar-refractivity contribution in [2.45, 2.75) is 24.1 Å². The molecule has 0 aliphatic carbocycles. The van der Waals surface area contributed by atoms with Crippen LogP contribution in [0.1, 0.15) is 28.5 Å². The fraction of sp³-hybridized carbons (Fsp3) is 0.233. The van der Waals surface area contributed by atoms with Crippen molar-refractivity contribution in [2.75, 3.05) is 19.8 Å². The van der Waals surface area contributed by atoms with Gasteiger partial charge in [-0.3, -0.25) is 19.4 Å². The molecule has 0 spiro atoms. The van der Waals surface area contributed by atoms with Crippen LogP contribution >= 0.6 is 0 Å². The van der Waals surface area contributed by atoms with E-state index in [1.807, 2.05) is 0 Å². The Labute approximate surface area is 252 Å². The Bertz CT molecular complexity index is 1830. The number of aliphatic hydroxyl groups is 1. The number of halogens is 4. The van der Waals surface area contributed by atoms with E-state index in [9.17, 15) is 37.1 Å². The van der Waals surface area contributed by atoms with E-state index < -0.39 is 59.6 Å². The highest BCUT2D eigenvalue weighted by molar-refractivity contribution is 6.00. The fourth-order valence-electron chi connectivity index (χ4n) is 4.80. The molecule has 0 bridgehead atoms. The molecular formula is C30H25F4N5O6. The lowest BCUT2D eigenvalue weighted by atomic mass is 9.81. The molecular weight excluding hydrogens is 602 g/mol. The first-order chi connectivity index (χ1) is 21.1. The molecule has 0 saturated carbocycles. The van der Waals surface area contributed by atoms with Crippen molar-refractivity contribution in [3.63, 3.8) is 0 Å². The average molecular weight is 628 g/mol. The highest BCUT2D eigenvalue weighted by Gasteiger charge is 2.57. The van der Waals surface area contributed by atoms with Gasteiger partial charge in [-0.25, -0.2) is 9.37 Å². The van der Waals surface area contributed by atoms with Crippen molar-refractivity contribution in [3.8, 4) is 22.8 Å². The van der Waals surface area contributed by atoms with Crippen molar-refractivity contribution in [3.05, 3.63) is 83.4 Å². The second-order valence-electron chi connectivity index (χ2n) is 10.6. The van der Waals surface area contributed by atoms with E-state index in [1.165, 1.54) is 31.3 Å². The molecule has 45 heavy (non-hydrogen) atoms. The minimum atomic E-state index is -5.41. The Balaban J connectivity index is 1.57. The third-order valence-corrected chi connectivity index (χ3v) is 7.43. The van der Waals surface area contributed by atoms with Gasteiger partial charge < -0.3 is 31.4 Å². The zero-order chi connectivity index (χ0) is 32.7. The normalized spacial score (nSPS) is 17.2. The molecule has 15 heteroatoms. The molecule has 0 fully saturated rings. The largest absolute Gasteiger partial charge is 0.489 e. The highest BCUT2D eigenvalue weighted by atomic mass is 19.4. The number of alkyl halides is 3. The molecule has 0 radical (unpaired) electrons. The number of nitrogens with zero attached hydrogens (tertiary/aromatic N) is 2. The number of ether oxygens (including phenoxy) is 2. The van der Waals surface area contributed by atoms with E-state index in [4.69, 9.17) is 20.9 Å². The second kappa shape index (κ2) is 11.3. The Kier molecular flexibility index (Phi) is 7.83. The molecule has 0 saturated heterocycles. The molecule has 234 valence electrons. The predicted molar refractivity (Wildman–Crippen MR) is 150 cm³/mol. The minimum absolute atomic E-state index is 0.0295. The van der Waals surface area contributed by atoms with E-state index in [-0.39, 0.29) is 46.0 Å². The summed E-state index contributed by atoms with van der Waals surface area (Å²) in [4.78, 5) is 45.0. The maximum absolute atomic E-state index is 14.7. The number of aromatic nitrogens is 2. The molecule has 2 aromatic carbocycles. The summed E-state index contributed by atoms with van der Waals surface area (Å²) in [6, 6.07) is 11.0. The van der Waals surface area contributed by atoms with Crippen molar-refractivity contribution < 1.29 is 46.5 Å². The number of rotatable bonds is 9. The summed E-state index contributed by atoms with van der Waals surface area (Å²) >= 11 is 0. The molecule has 1 aliphatic rings. The molecule has 5 rings (SSSR count). The van der Waals surface area contributed by atoms with E-state index in [1.54, 1.807) is 12.1 Å². The summed E-state index contributed by atoms with van der Waals surface area (Å²) in [5.74, 6) is -3.49. The van der Waals surface area contributed by atoms with Gasteiger partial charge in [-0.15, -0.1) is 0 Å². The molecule has 2 atom stereocenters. The number of hydrogen-bond donors (Lipinski definition) is 4. The number of fused-ring (bicyclic) bond motifs is 2. The molecule has 2 aromatic heterocycles. The van der Waals surface area contributed by atoms with Crippen LogP contribution < -0.4 is 26.3 Å². The average Bonchev–Trinajstić information content (AvgIpc) is 3.35. The molecule has 1 aliphatic heterocycles. The van der Waals surface area contributed by atoms with Gasteiger partial charge >= 0.3 is 6.18 Å². The molecule has 4 aromatic rings. The summed E-state index contributed by atoms with van der Waals surface area (Å²) < 4.78 is 68.8. The third kappa shape index (κ3) is 5.69. The molecule has 11 nitrogen and oxygen atoms in total. The van der Waals surface area contributed by atoms with Crippen LogP contribution in [-0.2, 0) is 20.6 Å². The summed E-state index contributed by atoms with van der Waals surface area (Å²) in [7, 11) is 0. The van der Waals surface area contributed by atoms with Crippen molar-refractivity contribution in [2.24, 2.45) is 11.5 Å². The Morgan fingerprint density at radius 3 is 2.47 bits per heavy atom. The molecule has 1 unspecified atom stereocenters. The van der Waals surface area contributed by atoms with Crippen molar-refractivity contribution in [1.82, 2.24) is 15.3 Å². The molecule has 6 N–H and O–H groups in total. The van der Waals surface area contributed by atoms with Gasteiger partial charge in [0, 0.05) is 28.3 Å². The zero-order valence-corrected chi connectivity index (χ0v) is 23.4. The van der Waals surface area contributed by atoms with Gasteiger partial charge in [0.15, 0.2) is 6.61 Å². The van der Waals surface area contributed by atoms with E-state index >= 15 is 0 Å². The fourth-order valence-corrected chi connectivity index (χ4v) is 4.80. The van der Waals surface area contributed by atoms with Crippen LogP contribution in [0.3, 0.4) is 0 Å². The maximum Gasteiger partial charge on any atom is 0.424 e. The van der Waals surface area contributed by atoms with Crippen LogP contribution in [-0.4, -0.2) is 58.7 Å². The third-order valence-electron chi connectivity index (χ3n) is 7.43. The van der Waals surface area contributed by atoms with Crippen LogP contribution in [0, 0.1) is 5.82 Å². The number of nitrogens with two attached hydrogens (primary N) is 2. The van der Waals surface area contributed by atoms with Crippen LogP contribution in [0.2, 0.25) is 0 Å². The first kappa shape index (κ1) is 31.1. The summed E-state index contributed by atoms with van der Waals surface area (Å²) in [5.41, 5.74) is 4.28. The lowest BCUT2D eigenvalue weighted by Crippen LogP contribution is -2.51. The molecule has 3 amide bonds. The quantitative estimate of drug-likeness (QED) is 0.205. The minimum Gasteiger partial charge on any atom is -0.489 e. The van der Waals surface area contributed by atoms with E-state index in [2.05, 4.69) is 15.3 Å². The Morgan fingerprint density at radius 1 is 1.11 bits per heavy atom. The van der Waals surface area contributed by atoms with Gasteiger partial charge in [0.05, 0.1) is 12.2 Å². The van der Waals surface area contributed by atoms with Crippen LogP contribution in [0.4, 0.5) is 17.6 Å². The standard InChI is InChI=1S/C30H25F4N5O6/c1-28(27(36)42)14-45-25-19(28)11-21(39-24(25)15-4-6-18(31)7-5-15)29(43,30(32,33)34)13-38-26(41)17-9-16-3-2-8-37-23(16)20(10-17)44-12-22(35)40/h2-11,43H,12-14H2,1H3,(H2,35,40)(H2,36,42)(H,38,41)/t28-,29?/m0/s1. The zero-order valence-electron chi connectivity index (χ0n) is 23.4. The summed E-state index contributed by atoms with van der Waals surface area (Å²) in [6.07, 6.45) is -3.98. The first-order valence-corrected chi connectivity index (χ1v) is 13.3. The van der Waals surface area contributed by atoms with E-state index in [0.29, 0.717) is 5.39 Å². The Morgan fingerprint density at radius 2 is 1.82 bits per heavy atom. The van der Waals surface area contributed by atoms with Gasteiger partial charge in [0.1, 0.15) is 40.5 Å². The second-order valence-corrected chi connectivity index (χ2v) is 10.6. The SMILES string of the molecule is C[C@]1(C(N)=O)COc2c1cc(C(O)(CNC(=O)c1cc(OCC(N)=O)c3ncccc3c1)C(F)(F)F)nc2-c1ccc(F)cc1. The lowest BCUT2D eigenvalue weighted by molar-refractivity contribution is -0.265. The predicted octanol–water partition coefficient (Wildman–Crippen LogP) is 2.62. The monoisotopic (exact) mass is 627 g/mol. The number of benzene rings is 2. The molecule has 3 heterocycles. The number of pyridine rings is 2. The van der Waals surface area contributed by atoms with Crippen molar-refractivity contribution in [1.29, 1.82) is 0 Å². The first-order valence-electron chi connectivity index (χ1n) is 13.3. The van der Waals surface area contributed by atoms with Crippen molar-refractivity contribution >= 4 is 28.6 Å². The number of amides is 3. The van der Waals surface area contributed by atoms with Crippen LogP contribution in [0.5, 0.6) is 11.5 Å². The topological polar surface area (TPSA) is 180 Å². The van der Waals surface area contributed by atoms with Crippen LogP contribution in [0.25, 0.3) is 22.2 Å². The number of carbonyl (C=O) groups is 3. The number of primary amides is 2.